The van der Waals surface area contributed by atoms with Crippen LogP contribution >= 0.6 is 11.6 Å². The summed E-state index contributed by atoms with van der Waals surface area (Å²) < 4.78 is 30.0. The molecule has 0 radical (unpaired) electrons. The van der Waals surface area contributed by atoms with Crippen molar-refractivity contribution < 1.29 is 17.5 Å². The highest BCUT2D eigenvalue weighted by molar-refractivity contribution is 7.87. The summed E-state index contributed by atoms with van der Waals surface area (Å²) in [5.74, 6) is -0.559. The lowest BCUT2D eigenvalue weighted by Gasteiger charge is -2.02. The van der Waals surface area contributed by atoms with Crippen LogP contribution in [0.5, 0.6) is 0 Å². The van der Waals surface area contributed by atoms with Gasteiger partial charge >= 0.3 is 10.1 Å². The van der Waals surface area contributed by atoms with Crippen molar-refractivity contribution in [3.05, 3.63) is 10.8 Å². The predicted molar refractivity (Wildman–Crippen MR) is 74.5 cm³/mol. The number of aromatic nitrogens is 2. The first-order valence-electron chi connectivity index (χ1n) is 5.69. The van der Waals surface area contributed by atoms with Gasteiger partial charge in [-0.2, -0.15) is 18.6 Å². The van der Waals surface area contributed by atoms with Crippen molar-refractivity contribution in [3.63, 3.8) is 0 Å². The number of carbonyl (C=O) groups excluding carboxylic acids is 1. The largest absolute Gasteiger partial charge is 0.363 e. The molecule has 1 aromatic heterocycles. The Bertz CT molecular complexity index is 780. The molecule has 114 valence electrons. The first-order valence-corrected chi connectivity index (χ1v) is 7.48. The Hall–Kier alpha value is -1.94. The summed E-state index contributed by atoms with van der Waals surface area (Å²) in [6.45, 7) is 2.98. The summed E-state index contributed by atoms with van der Waals surface area (Å²) >= 11 is 5.87. The average molecular weight is 334 g/mol. The minimum Gasteiger partial charge on any atom is -0.265 e. The lowest BCUT2D eigenvalue weighted by atomic mass is 10.3. The number of halogens is 1. The van der Waals surface area contributed by atoms with Crippen molar-refractivity contribution >= 4 is 39.0 Å². The van der Waals surface area contributed by atoms with Crippen molar-refractivity contribution in [2.75, 3.05) is 7.05 Å². The molecule has 2 rings (SSSR count). The SMILES string of the molecule is CC1=NN(C)C(=O)/C1=N/OS(=O)(=O)c1c(C)nn(C)c1Cl. The number of rotatable bonds is 3. The minimum atomic E-state index is -4.28. The van der Waals surface area contributed by atoms with Crippen molar-refractivity contribution in [1.82, 2.24) is 14.8 Å². The van der Waals surface area contributed by atoms with Crippen LogP contribution in [0.1, 0.15) is 12.6 Å². The van der Waals surface area contributed by atoms with Crippen LogP contribution in [0.25, 0.3) is 0 Å². The zero-order valence-electron chi connectivity index (χ0n) is 11.7. The lowest BCUT2D eigenvalue weighted by Crippen LogP contribution is -2.24. The van der Waals surface area contributed by atoms with Gasteiger partial charge in [0.25, 0.3) is 5.91 Å². The topological polar surface area (TPSA) is 106 Å². The number of aryl methyl sites for hydroxylation is 2. The fourth-order valence-corrected chi connectivity index (χ4v) is 3.20. The van der Waals surface area contributed by atoms with Gasteiger partial charge in [0.15, 0.2) is 10.6 Å². The normalized spacial score (nSPS) is 17.6. The maximum absolute atomic E-state index is 12.1. The van der Waals surface area contributed by atoms with Gasteiger partial charge in [-0.3, -0.25) is 13.8 Å². The summed E-state index contributed by atoms with van der Waals surface area (Å²) in [6, 6.07) is 0. The Kier molecular flexibility index (Phi) is 3.76. The first kappa shape index (κ1) is 15.4. The number of amides is 1. The Morgan fingerprint density at radius 3 is 2.33 bits per heavy atom. The number of oxime groups is 1. The monoisotopic (exact) mass is 333 g/mol. The van der Waals surface area contributed by atoms with Crippen molar-refractivity contribution in [2.45, 2.75) is 18.7 Å². The van der Waals surface area contributed by atoms with Gasteiger partial charge in [0.05, 0.1) is 11.4 Å². The average Bonchev–Trinajstić information content (AvgIpc) is 2.75. The van der Waals surface area contributed by atoms with Gasteiger partial charge in [0.1, 0.15) is 5.15 Å². The molecule has 2 heterocycles. The molecule has 1 aliphatic rings. The van der Waals surface area contributed by atoms with Crippen LogP contribution in [-0.2, 0) is 26.2 Å². The van der Waals surface area contributed by atoms with E-state index in [0.717, 1.165) is 5.01 Å². The lowest BCUT2D eigenvalue weighted by molar-refractivity contribution is -0.122. The molecule has 0 fully saturated rings. The number of hydrazone groups is 1. The fourth-order valence-electron chi connectivity index (χ4n) is 1.75. The summed E-state index contributed by atoms with van der Waals surface area (Å²) in [5, 5.41) is 12.0. The fraction of sp³-hybridized carbons (Fsp3) is 0.400. The molecule has 0 N–H and O–H groups in total. The van der Waals surface area contributed by atoms with Crippen molar-refractivity contribution in [3.8, 4) is 0 Å². The quantitative estimate of drug-likeness (QED) is 0.739. The molecule has 11 heteroatoms. The van der Waals surface area contributed by atoms with E-state index in [1.807, 2.05) is 0 Å². The van der Waals surface area contributed by atoms with Gasteiger partial charge in [-0.1, -0.05) is 16.8 Å². The van der Waals surface area contributed by atoms with Crippen LogP contribution in [0.4, 0.5) is 0 Å². The Morgan fingerprint density at radius 2 is 1.90 bits per heavy atom. The number of nitrogens with zero attached hydrogens (tertiary/aromatic N) is 5. The van der Waals surface area contributed by atoms with Crippen LogP contribution in [0, 0.1) is 6.92 Å². The molecule has 0 saturated carbocycles. The molecule has 0 aromatic carbocycles. The van der Waals surface area contributed by atoms with Crippen LogP contribution in [0.15, 0.2) is 15.2 Å². The molecule has 0 spiro atoms. The number of hydrogen-bond acceptors (Lipinski definition) is 7. The molecule has 0 saturated heterocycles. The van der Waals surface area contributed by atoms with E-state index in [9.17, 15) is 13.2 Å². The van der Waals surface area contributed by atoms with Gasteiger partial charge < -0.3 is 0 Å². The molecular weight excluding hydrogens is 322 g/mol. The Labute approximate surface area is 125 Å². The van der Waals surface area contributed by atoms with Crippen molar-refractivity contribution in [1.29, 1.82) is 0 Å². The van der Waals surface area contributed by atoms with E-state index < -0.39 is 16.0 Å². The third-order valence-corrected chi connectivity index (χ3v) is 4.52. The van der Waals surface area contributed by atoms with Gasteiger partial charge in [-0.25, -0.2) is 5.01 Å². The van der Waals surface area contributed by atoms with E-state index >= 15 is 0 Å². The summed E-state index contributed by atoms with van der Waals surface area (Å²) in [6.07, 6.45) is 0. The van der Waals surface area contributed by atoms with Crippen LogP contribution in [0.2, 0.25) is 5.15 Å². The predicted octanol–water partition coefficient (Wildman–Crippen LogP) is 0.291. The summed E-state index contributed by atoms with van der Waals surface area (Å²) in [5.41, 5.74) is 0.244. The maximum Gasteiger partial charge on any atom is 0.363 e. The van der Waals surface area contributed by atoms with Gasteiger partial charge in [0, 0.05) is 14.1 Å². The van der Waals surface area contributed by atoms with E-state index in [4.69, 9.17) is 11.6 Å². The maximum atomic E-state index is 12.1. The van der Waals surface area contributed by atoms with E-state index in [-0.39, 0.29) is 27.2 Å². The van der Waals surface area contributed by atoms with E-state index in [1.165, 1.54) is 32.6 Å². The molecule has 0 aliphatic carbocycles. The van der Waals surface area contributed by atoms with Gasteiger partial charge in [-0.05, 0) is 13.8 Å². The molecule has 0 unspecified atom stereocenters. The van der Waals surface area contributed by atoms with Crippen molar-refractivity contribution in [2.24, 2.45) is 17.3 Å². The summed E-state index contributed by atoms with van der Waals surface area (Å²) in [4.78, 5) is 11.4. The highest BCUT2D eigenvalue weighted by Crippen LogP contribution is 2.26. The molecule has 1 amide bonds. The smallest absolute Gasteiger partial charge is 0.265 e. The van der Waals surface area contributed by atoms with E-state index in [0.29, 0.717) is 0 Å². The third kappa shape index (κ3) is 2.63. The second-order valence-corrected chi connectivity index (χ2v) is 6.14. The molecular formula is C10H12ClN5O4S. The Morgan fingerprint density at radius 1 is 1.29 bits per heavy atom. The third-order valence-electron chi connectivity index (χ3n) is 2.72. The molecule has 0 bridgehead atoms. The van der Waals surface area contributed by atoms with Crippen LogP contribution in [-0.4, -0.2) is 47.6 Å². The highest BCUT2D eigenvalue weighted by Gasteiger charge is 2.31. The second-order valence-electron chi connectivity index (χ2n) is 4.31. The van der Waals surface area contributed by atoms with Gasteiger partial charge in [0.2, 0.25) is 0 Å². The number of carbonyl (C=O) groups is 1. The highest BCUT2D eigenvalue weighted by atomic mass is 35.5. The summed E-state index contributed by atoms with van der Waals surface area (Å²) in [7, 11) is -1.37. The minimum absolute atomic E-state index is 0.104. The van der Waals surface area contributed by atoms with E-state index in [1.54, 1.807) is 0 Å². The van der Waals surface area contributed by atoms with Crippen LogP contribution in [0.3, 0.4) is 0 Å². The molecule has 0 atom stereocenters. The van der Waals surface area contributed by atoms with E-state index in [2.05, 4.69) is 19.6 Å². The zero-order chi connectivity index (χ0) is 15.9. The standard InChI is InChI=1S/C10H12ClN5O4S/c1-5-7(10(17)16(4)12-5)14-20-21(18,19)8-6(2)13-15(3)9(8)11/h1-4H3/b14-7+. The molecule has 1 aliphatic heterocycles. The first-order chi connectivity index (χ1) is 9.65. The molecule has 9 nitrogen and oxygen atoms in total. The zero-order valence-corrected chi connectivity index (χ0v) is 13.2. The van der Waals surface area contributed by atoms with Gasteiger partial charge in [-0.15, -0.1) is 0 Å². The Balaban J connectivity index is 2.36. The molecule has 21 heavy (non-hydrogen) atoms. The van der Waals surface area contributed by atoms with Crippen LogP contribution < -0.4 is 0 Å². The number of hydrogen-bond donors (Lipinski definition) is 0. The second kappa shape index (κ2) is 5.11. The molecule has 1 aromatic rings.